The van der Waals surface area contributed by atoms with Crippen LogP contribution < -0.4 is 5.73 Å². The number of hydrogen-bond donors (Lipinski definition) is 1. The topological polar surface area (TPSA) is 69.1 Å². The second kappa shape index (κ2) is 6.98. The van der Waals surface area contributed by atoms with E-state index in [-0.39, 0.29) is 6.04 Å². The zero-order valence-corrected chi connectivity index (χ0v) is 15.2. The van der Waals surface area contributed by atoms with Crippen LogP contribution in [0.2, 0.25) is 0 Å². The molecule has 0 aliphatic heterocycles. The monoisotopic (exact) mass is 347 g/mol. The largest absolute Gasteiger partial charge is 0.321 e. The summed E-state index contributed by atoms with van der Waals surface area (Å²) in [5.41, 5.74) is 8.82. The average Bonchev–Trinajstić information content (AvgIpc) is 3.04. The standard InChI is InChI=1S/C16H21N5S2/c1-10(2)7-13(17)14-18-19-15-21(14)20-16(23-15)22-9-12-6-4-5-11(3)8-12/h4-6,8,10,13H,7,9,17H2,1-3H3/t13-/m0/s1. The third kappa shape index (κ3) is 3.91. The predicted molar refractivity (Wildman–Crippen MR) is 95.8 cm³/mol. The van der Waals surface area contributed by atoms with Gasteiger partial charge in [-0.1, -0.05) is 66.8 Å². The molecule has 0 fully saturated rings. The van der Waals surface area contributed by atoms with Crippen molar-refractivity contribution >= 4 is 28.1 Å². The highest BCUT2D eigenvalue weighted by Gasteiger charge is 2.18. The number of benzene rings is 1. The fourth-order valence-electron chi connectivity index (χ4n) is 2.46. The zero-order valence-electron chi connectivity index (χ0n) is 13.6. The van der Waals surface area contributed by atoms with E-state index in [2.05, 4.69) is 60.3 Å². The van der Waals surface area contributed by atoms with Crippen LogP contribution in [-0.4, -0.2) is 19.8 Å². The number of nitrogens with two attached hydrogens (primary N) is 1. The van der Waals surface area contributed by atoms with Crippen molar-refractivity contribution in [2.75, 3.05) is 0 Å². The van der Waals surface area contributed by atoms with E-state index in [0.717, 1.165) is 27.3 Å². The Hall–Kier alpha value is -1.44. The fourth-order valence-corrected chi connectivity index (χ4v) is 4.29. The van der Waals surface area contributed by atoms with Crippen molar-refractivity contribution in [3.8, 4) is 0 Å². The Morgan fingerprint density at radius 2 is 2.13 bits per heavy atom. The van der Waals surface area contributed by atoms with E-state index in [9.17, 15) is 0 Å². The van der Waals surface area contributed by atoms with Gasteiger partial charge in [-0.3, -0.25) is 0 Å². The molecule has 2 heterocycles. The van der Waals surface area contributed by atoms with E-state index in [1.807, 2.05) is 0 Å². The van der Waals surface area contributed by atoms with Crippen molar-refractivity contribution in [2.24, 2.45) is 11.7 Å². The molecule has 7 heteroatoms. The van der Waals surface area contributed by atoms with E-state index < -0.39 is 0 Å². The number of hydrogen-bond acceptors (Lipinski definition) is 6. The second-order valence-electron chi connectivity index (χ2n) is 6.13. The number of aromatic nitrogens is 4. The summed E-state index contributed by atoms with van der Waals surface area (Å²) in [4.78, 5) is 0.811. The highest BCUT2D eigenvalue weighted by atomic mass is 32.2. The van der Waals surface area contributed by atoms with Crippen LogP contribution in [0.25, 0.3) is 4.96 Å². The molecular weight excluding hydrogens is 326 g/mol. The molecule has 3 aromatic rings. The van der Waals surface area contributed by atoms with Gasteiger partial charge < -0.3 is 5.73 Å². The number of fused-ring (bicyclic) bond motifs is 1. The van der Waals surface area contributed by atoms with E-state index in [0.29, 0.717) is 5.92 Å². The summed E-state index contributed by atoms with van der Waals surface area (Å²) in [7, 11) is 0. The first kappa shape index (κ1) is 16.4. The van der Waals surface area contributed by atoms with Crippen molar-refractivity contribution in [2.45, 2.75) is 43.3 Å². The molecule has 5 nitrogen and oxygen atoms in total. The Morgan fingerprint density at radius 1 is 1.30 bits per heavy atom. The van der Waals surface area contributed by atoms with Gasteiger partial charge in [0.25, 0.3) is 0 Å². The molecule has 122 valence electrons. The predicted octanol–water partition coefficient (Wildman–Crippen LogP) is 3.83. The first-order valence-electron chi connectivity index (χ1n) is 7.69. The van der Waals surface area contributed by atoms with E-state index in [1.54, 1.807) is 27.6 Å². The lowest BCUT2D eigenvalue weighted by molar-refractivity contribution is 0.485. The Balaban J connectivity index is 1.74. The molecule has 0 radical (unpaired) electrons. The number of nitrogens with zero attached hydrogens (tertiary/aromatic N) is 4. The Morgan fingerprint density at radius 3 is 2.87 bits per heavy atom. The lowest BCUT2D eigenvalue weighted by Crippen LogP contribution is -2.16. The maximum Gasteiger partial charge on any atom is 0.235 e. The summed E-state index contributed by atoms with van der Waals surface area (Å²) in [5.74, 6) is 2.18. The quantitative estimate of drug-likeness (QED) is 0.686. The molecule has 2 aromatic heterocycles. The summed E-state index contributed by atoms with van der Waals surface area (Å²) >= 11 is 3.29. The maximum atomic E-state index is 6.23. The van der Waals surface area contributed by atoms with Gasteiger partial charge in [-0.2, -0.15) is 4.52 Å². The molecule has 23 heavy (non-hydrogen) atoms. The Bertz CT molecular complexity index is 793. The minimum absolute atomic E-state index is 0.123. The van der Waals surface area contributed by atoms with Gasteiger partial charge in [-0.05, 0) is 24.8 Å². The first-order chi connectivity index (χ1) is 11.0. The molecule has 0 aliphatic carbocycles. The molecule has 0 spiro atoms. The normalized spacial score (nSPS) is 13.1. The van der Waals surface area contributed by atoms with Crippen molar-refractivity contribution < 1.29 is 0 Å². The second-order valence-corrected chi connectivity index (χ2v) is 8.31. The van der Waals surface area contributed by atoms with E-state index in [4.69, 9.17) is 5.73 Å². The summed E-state index contributed by atoms with van der Waals surface area (Å²) in [5, 5.41) is 13.1. The molecule has 0 aliphatic rings. The van der Waals surface area contributed by atoms with E-state index in [1.165, 1.54) is 11.1 Å². The van der Waals surface area contributed by atoms with Crippen molar-refractivity contribution in [3.63, 3.8) is 0 Å². The van der Waals surface area contributed by atoms with Crippen molar-refractivity contribution in [3.05, 3.63) is 41.2 Å². The Labute approximate surface area is 144 Å². The minimum Gasteiger partial charge on any atom is -0.321 e. The van der Waals surface area contributed by atoms with Crippen LogP contribution in [0.4, 0.5) is 0 Å². The highest BCUT2D eigenvalue weighted by Crippen LogP contribution is 2.29. The van der Waals surface area contributed by atoms with Gasteiger partial charge in [0.05, 0.1) is 6.04 Å². The number of aryl methyl sites for hydroxylation is 1. The van der Waals surface area contributed by atoms with Crippen LogP contribution in [-0.2, 0) is 5.75 Å². The maximum absolute atomic E-state index is 6.23. The van der Waals surface area contributed by atoms with Crippen LogP contribution in [0, 0.1) is 12.8 Å². The molecule has 0 amide bonds. The molecule has 1 aromatic carbocycles. The zero-order chi connectivity index (χ0) is 16.4. The van der Waals surface area contributed by atoms with Crippen LogP contribution in [0.3, 0.4) is 0 Å². The fraction of sp³-hybridized carbons (Fsp3) is 0.438. The lowest BCUT2D eigenvalue weighted by Gasteiger charge is -2.10. The van der Waals surface area contributed by atoms with Crippen LogP contribution in [0.5, 0.6) is 0 Å². The van der Waals surface area contributed by atoms with Gasteiger partial charge in [-0.25, -0.2) is 0 Å². The summed E-state index contributed by atoms with van der Waals surface area (Å²) in [6.07, 6.45) is 0.879. The van der Waals surface area contributed by atoms with Gasteiger partial charge in [0, 0.05) is 5.75 Å². The van der Waals surface area contributed by atoms with Gasteiger partial charge in [0.2, 0.25) is 4.96 Å². The molecule has 0 unspecified atom stereocenters. The van der Waals surface area contributed by atoms with Gasteiger partial charge in [0.1, 0.15) is 0 Å². The molecule has 1 atom stereocenters. The molecule has 0 saturated heterocycles. The van der Waals surface area contributed by atoms with Gasteiger partial charge in [0.15, 0.2) is 10.2 Å². The van der Waals surface area contributed by atoms with Crippen molar-refractivity contribution in [1.82, 2.24) is 19.8 Å². The van der Waals surface area contributed by atoms with Crippen LogP contribution >= 0.6 is 23.1 Å². The van der Waals surface area contributed by atoms with Crippen LogP contribution in [0.15, 0.2) is 28.6 Å². The molecule has 0 saturated carbocycles. The first-order valence-corrected chi connectivity index (χ1v) is 9.49. The molecule has 3 rings (SSSR count). The van der Waals surface area contributed by atoms with Gasteiger partial charge in [-0.15, -0.1) is 15.3 Å². The summed E-state index contributed by atoms with van der Waals surface area (Å²) in [6.45, 7) is 6.42. The molecule has 0 bridgehead atoms. The lowest BCUT2D eigenvalue weighted by atomic mass is 10.0. The average molecular weight is 348 g/mol. The summed E-state index contributed by atoms with van der Waals surface area (Å²) in [6, 6.07) is 8.43. The third-order valence-electron chi connectivity index (χ3n) is 3.50. The Kier molecular flexibility index (Phi) is 4.99. The minimum atomic E-state index is -0.123. The van der Waals surface area contributed by atoms with Crippen LogP contribution in [0.1, 0.15) is 43.3 Å². The van der Waals surface area contributed by atoms with Gasteiger partial charge >= 0.3 is 0 Å². The van der Waals surface area contributed by atoms with E-state index >= 15 is 0 Å². The smallest absolute Gasteiger partial charge is 0.235 e. The molecular formula is C16H21N5S2. The van der Waals surface area contributed by atoms with Crippen molar-refractivity contribution in [1.29, 1.82) is 0 Å². The third-order valence-corrected chi connectivity index (χ3v) is 5.60. The summed E-state index contributed by atoms with van der Waals surface area (Å²) < 4.78 is 2.80. The highest BCUT2D eigenvalue weighted by molar-refractivity contribution is 8.00. The molecule has 2 N–H and O–H groups in total. The number of thioether (sulfide) groups is 1. The SMILES string of the molecule is Cc1cccc(CSc2nn3c([C@@H](N)CC(C)C)nnc3s2)c1. The number of rotatable bonds is 6.